The topological polar surface area (TPSA) is 81.7 Å². The van der Waals surface area contributed by atoms with E-state index in [4.69, 9.17) is 9.47 Å². The number of methoxy groups -OCH3 is 1. The van der Waals surface area contributed by atoms with Crippen molar-refractivity contribution >= 4 is 18.3 Å². The molecule has 4 rings (SSSR count). The van der Waals surface area contributed by atoms with E-state index in [1.807, 2.05) is 36.4 Å². The van der Waals surface area contributed by atoms with Gasteiger partial charge in [0.25, 0.3) is 0 Å². The van der Waals surface area contributed by atoms with Crippen LogP contribution >= 0.6 is 0 Å². The molecule has 3 aromatic carbocycles. The highest BCUT2D eigenvalue weighted by atomic mass is 16.6. The van der Waals surface area contributed by atoms with Crippen LogP contribution in [0.15, 0.2) is 72.8 Å². The Kier molecular flexibility index (Phi) is 6.31. The van der Waals surface area contributed by atoms with Gasteiger partial charge in [-0.25, -0.2) is 9.59 Å². The van der Waals surface area contributed by atoms with Gasteiger partial charge in [0.2, 0.25) is 0 Å². The Morgan fingerprint density at radius 2 is 1.53 bits per heavy atom. The highest BCUT2D eigenvalue weighted by Crippen LogP contribution is 2.44. The molecule has 1 atom stereocenters. The van der Waals surface area contributed by atoms with Crippen molar-refractivity contribution < 1.29 is 23.9 Å². The zero-order valence-electron chi connectivity index (χ0n) is 17.6. The van der Waals surface area contributed by atoms with E-state index in [0.717, 1.165) is 34.1 Å². The molecule has 0 fully saturated rings. The van der Waals surface area contributed by atoms with Crippen molar-refractivity contribution in [1.82, 2.24) is 5.32 Å². The Labute approximate surface area is 186 Å². The fourth-order valence-electron chi connectivity index (χ4n) is 4.09. The number of rotatable bonds is 7. The zero-order chi connectivity index (χ0) is 22.5. The summed E-state index contributed by atoms with van der Waals surface area (Å²) in [6.07, 6.45) is 0.277. The number of alkyl carbamates (subject to hydrolysis) is 1. The van der Waals surface area contributed by atoms with E-state index >= 15 is 0 Å². The molecular weight excluding hydrogens is 406 g/mol. The third-order valence-corrected chi connectivity index (χ3v) is 5.68. The van der Waals surface area contributed by atoms with E-state index in [0.29, 0.717) is 5.56 Å². The van der Waals surface area contributed by atoms with Gasteiger partial charge < -0.3 is 14.8 Å². The quantitative estimate of drug-likeness (QED) is 0.451. The van der Waals surface area contributed by atoms with Gasteiger partial charge in [-0.05, 0) is 27.8 Å². The monoisotopic (exact) mass is 429 g/mol. The minimum absolute atomic E-state index is 0.0689. The molecule has 1 unspecified atom stereocenters. The zero-order valence-corrected chi connectivity index (χ0v) is 17.6. The van der Waals surface area contributed by atoms with E-state index in [9.17, 15) is 14.4 Å². The average Bonchev–Trinajstić information content (AvgIpc) is 3.16. The summed E-state index contributed by atoms with van der Waals surface area (Å²) in [5.74, 6) is -0.640. The van der Waals surface area contributed by atoms with Gasteiger partial charge in [0.05, 0.1) is 7.11 Å². The van der Waals surface area contributed by atoms with Crippen LogP contribution in [0.1, 0.15) is 33.0 Å². The number of carbonyl (C=O) groups is 3. The van der Waals surface area contributed by atoms with Gasteiger partial charge in [0.15, 0.2) is 0 Å². The maximum absolute atomic E-state index is 12.6. The molecule has 0 radical (unpaired) electrons. The predicted octanol–water partition coefficient (Wildman–Crippen LogP) is 4.12. The van der Waals surface area contributed by atoms with Crippen molar-refractivity contribution in [2.75, 3.05) is 13.7 Å². The van der Waals surface area contributed by atoms with Crippen LogP contribution in [0.25, 0.3) is 11.1 Å². The Bertz CT molecular complexity index is 1090. The van der Waals surface area contributed by atoms with E-state index in [1.165, 1.54) is 7.11 Å². The fourth-order valence-corrected chi connectivity index (χ4v) is 4.09. The number of ether oxygens (including phenoxy) is 2. The number of esters is 1. The first-order valence-corrected chi connectivity index (χ1v) is 10.3. The van der Waals surface area contributed by atoms with Crippen LogP contribution in [0.5, 0.6) is 0 Å². The van der Waals surface area contributed by atoms with Crippen LogP contribution in [0, 0.1) is 0 Å². The summed E-state index contributed by atoms with van der Waals surface area (Å²) in [6.45, 7) is 0.155. The lowest BCUT2D eigenvalue weighted by atomic mass is 9.98. The SMILES string of the molecule is COC(=O)C(Cc1ccc(C=O)cc1)NC(=O)OCC1c2ccccc2-c2ccccc21. The number of aldehydes is 1. The molecule has 3 aromatic rings. The number of hydrogen-bond donors (Lipinski definition) is 1. The second kappa shape index (κ2) is 9.47. The molecule has 1 aliphatic rings. The first kappa shape index (κ1) is 21.3. The van der Waals surface area contributed by atoms with Crippen molar-refractivity contribution in [2.45, 2.75) is 18.4 Å². The van der Waals surface area contributed by atoms with E-state index in [1.54, 1.807) is 24.3 Å². The third kappa shape index (κ3) is 4.39. The second-order valence-corrected chi connectivity index (χ2v) is 7.61. The molecule has 0 spiro atoms. The smallest absolute Gasteiger partial charge is 0.407 e. The molecule has 6 heteroatoms. The van der Waals surface area contributed by atoms with Crippen molar-refractivity contribution in [3.05, 3.63) is 95.1 Å². The molecule has 0 aliphatic heterocycles. The van der Waals surface area contributed by atoms with E-state index in [-0.39, 0.29) is 18.9 Å². The maximum Gasteiger partial charge on any atom is 0.407 e. The van der Waals surface area contributed by atoms with Crippen LogP contribution < -0.4 is 5.32 Å². The van der Waals surface area contributed by atoms with Crippen LogP contribution in [0.2, 0.25) is 0 Å². The molecular formula is C26H23NO5. The van der Waals surface area contributed by atoms with Crippen molar-refractivity contribution in [3.8, 4) is 11.1 Å². The Hall–Kier alpha value is -3.93. The maximum atomic E-state index is 12.6. The molecule has 0 aromatic heterocycles. The van der Waals surface area contributed by atoms with Gasteiger partial charge in [0, 0.05) is 17.9 Å². The summed E-state index contributed by atoms with van der Waals surface area (Å²) < 4.78 is 10.4. The molecule has 6 nitrogen and oxygen atoms in total. The Morgan fingerprint density at radius 1 is 0.938 bits per heavy atom. The van der Waals surface area contributed by atoms with Crippen molar-refractivity contribution in [3.63, 3.8) is 0 Å². The highest BCUT2D eigenvalue weighted by molar-refractivity contribution is 5.82. The lowest BCUT2D eigenvalue weighted by Gasteiger charge is -2.18. The van der Waals surface area contributed by atoms with Gasteiger partial charge >= 0.3 is 12.1 Å². The van der Waals surface area contributed by atoms with Crippen LogP contribution in [0.4, 0.5) is 4.79 Å². The molecule has 0 saturated carbocycles. The van der Waals surface area contributed by atoms with Gasteiger partial charge in [-0.15, -0.1) is 0 Å². The van der Waals surface area contributed by atoms with Crippen molar-refractivity contribution in [1.29, 1.82) is 0 Å². The highest BCUT2D eigenvalue weighted by Gasteiger charge is 2.30. The lowest BCUT2D eigenvalue weighted by molar-refractivity contribution is -0.143. The first-order chi connectivity index (χ1) is 15.6. The summed E-state index contributed by atoms with van der Waals surface area (Å²) in [7, 11) is 1.27. The largest absolute Gasteiger partial charge is 0.467 e. The molecule has 0 saturated heterocycles. The van der Waals surface area contributed by atoms with Crippen molar-refractivity contribution in [2.24, 2.45) is 0 Å². The van der Waals surface area contributed by atoms with E-state index < -0.39 is 18.1 Å². The molecule has 1 N–H and O–H groups in total. The molecule has 0 heterocycles. The number of carbonyl (C=O) groups excluding carboxylic acids is 3. The standard InChI is InChI=1S/C26H23NO5/c1-31-25(29)24(14-17-10-12-18(15-28)13-11-17)27-26(30)32-16-23-21-8-4-2-6-19(21)20-7-3-5-9-22(20)23/h2-13,15,23-24H,14,16H2,1H3,(H,27,30). The molecule has 1 amide bonds. The summed E-state index contributed by atoms with van der Waals surface area (Å²) in [6, 6.07) is 22.0. The number of benzene rings is 3. The van der Waals surface area contributed by atoms with Crippen LogP contribution in [0.3, 0.4) is 0 Å². The minimum atomic E-state index is -0.905. The average molecular weight is 429 g/mol. The summed E-state index contributed by atoms with van der Waals surface area (Å²) in [5, 5.41) is 2.61. The van der Waals surface area contributed by atoms with Gasteiger partial charge in [-0.1, -0.05) is 72.8 Å². The third-order valence-electron chi connectivity index (χ3n) is 5.68. The number of hydrogen-bond acceptors (Lipinski definition) is 5. The Morgan fingerprint density at radius 3 is 2.09 bits per heavy atom. The minimum Gasteiger partial charge on any atom is -0.467 e. The molecule has 1 aliphatic carbocycles. The molecule has 32 heavy (non-hydrogen) atoms. The first-order valence-electron chi connectivity index (χ1n) is 10.3. The van der Waals surface area contributed by atoms with Crippen LogP contribution in [-0.4, -0.2) is 38.1 Å². The summed E-state index contributed by atoms with van der Waals surface area (Å²) in [5.41, 5.74) is 5.83. The van der Waals surface area contributed by atoms with Gasteiger partial charge in [-0.3, -0.25) is 4.79 Å². The number of fused-ring (bicyclic) bond motifs is 3. The van der Waals surface area contributed by atoms with E-state index in [2.05, 4.69) is 17.4 Å². The van der Waals surface area contributed by atoms with Gasteiger partial charge in [0.1, 0.15) is 18.9 Å². The van der Waals surface area contributed by atoms with Crippen LogP contribution in [-0.2, 0) is 20.7 Å². The summed E-state index contributed by atoms with van der Waals surface area (Å²) in [4.78, 5) is 35.6. The number of nitrogens with one attached hydrogen (secondary N) is 1. The second-order valence-electron chi connectivity index (χ2n) is 7.61. The van der Waals surface area contributed by atoms with Gasteiger partial charge in [-0.2, -0.15) is 0 Å². The lowest BCUT2D eigenvalue weighted by Crippen LogP contribution is -2.43. The predicted molar refractivity (Wildman–Crippen MR) is 120 cm³/mol. The molecule has 162 valence electrons. The summed E-state index contributed by atoms with van der Waals surface area (Å²) >= 11 is 0. The Balaban J connectivity index is 1.43. The molecule has 0 bridgehead atoms. The fraction of sp³-hybridized carbons (Fsp3) is 0.192. The number of amides is 1. The normalized spacial score (nSPS) is 12.9.